The highest BCUT2D eigenvalue weighted by Gasteiger charge is 2.24. The molecule has 0 spiro atoms. The minimum absolute atomic E-state index is 0.0681. The number of likely N-dealkylation sites (tertiary alicyclic amines) is 1. The molecule has 1 atom stereocenters. The molecule has 2 fully saturated rings. The van der Waals surface area contributed by atoms with E-state index in [1.165, 1.54) is 0 Å². The minimum Gasteiger partial charge on any atom is -0.376 e. The van der Waals surface area contributed by atoms with Crippen LogP contribution in [0.3, 0.4) is 0 Å². The summed E-state index contributed by atoms with van der Waals surface area (Å²) in [6.45, 7) is 7.53. The Kier molecular flexibility index (Phi) is 5.45. The van der Waals surface area contributed by atoms with Crippen molar-refractivity contribution in [2.45, 2.75) is 57.7 Å². The van der Waals surface area contributed by atoms with E-state index in [0.29, 0.717) is 18.6 Å². The molecule has 0 aromatic carbocycles. The Hall–Kier alpha value is -0.810. The first-order valence-corrected chi connectivity index (χ1v) is 7.55. The summed E-state index contributed by atoms with van der Waals surface area (Å²) in [6, 6.07) is 1.14. The molecule has 0 bridgehead atoms. The fraction of sp³-hybridized carbons (Fsp3) is 0.929. The molecule has 0 radical (unpaired) electrons. The second-order valence-electron chi connectivity index (χ2n) is 5.90. The van der Waals surface area contributed by atoms with Crippen molar-refractivity contribution in [2.75, 3.05) is 26.2 Å². The lowest BCUT2D eigenvalue weighted by atomic mass is 10.0. The van der Waals surface area contributed by atoms with Crippen LogP contribution in [0.1, 0.15) is 39.5 Å². The third-order valence-electron chi connectivity index (χ3n) is 3.86. The summed E-state index contributed by atoms with van der Waals surface area (Å²) in [5.41, 5.74) is 0. The third-order valence-corrected chi connectivity index (χ3v) is 3.86. The van der Waals surface area contributed by atoms with Crippen LogP contribution >= 0.6 is 0 Å². The van der Waals surface area contributed by atoms with E-state index in [9.17, 15) is 4.79 Å². The molecular weight excluding hydrogens is 242 g/mol. The van der Waals surface area contributed by atoms with Crippen molar-refractivity contribution in [1.82, 2.24) is 15.5 Å². The van der Waals surface area contributed by atoms with Crippen molar-refractivity contribution in [3.05, 3.63) is 0 Å². The zero-order valence-corrected chi connectivity index (χ0v) is 12.2. The first-order valence-electron chi connectivity index (χ1n) is 7.55. The van der Waals surface area contributed by atoms with Crippen molar-refractivity contribution in [1.29, 1.82) is 0 Å². The molecule has 2 aliphatic heterocycles. The maximum atomic E-state index is 12.0. The lowest BCUT2D eigenvalue weighted by molar-refractivity contribution is 0.107. The molecule has 2 aliphatic rings. The Morgan fingerprint density at radius 2 is 2.05 bits per heavy atom. The zero-order valence-electron chi connectivity index (χ0n) is 12.2. The van der Waals surface area contributed by atoms with Crippen molar-refractivity contribution >= 4 is 6.03 Å². The van der Waals surface area contributed by atoms with Gasteiger partial charge in [-0.05, 0) is 25.7 Å². The van der Waals surface area contributed by atoms with Gasteiger partial charge >= 0.3 is 6.03 Å². The van der Waals surface area contributed by atoms with E-state index in [4.69, 9.17) is 4.74 Å². The van der Waals surface area contributed by atoms with Crippen molar-refractivity contribution in [2.24, 2.45) is 0 Å². The summed E-state index contributed by atoms with van der Waals surface area (Å²) in [4.78, 5) is 13.9. The molecule has 0 aromatic rings. The number of urea groups is 1. The van der Waals surface area contributed by atoms with Crippen molar-refractivity contribution in [3.8, 4) is 0 Å². The van der Waals surface area contributed by atoms with E-state index in [-0.39, 0.29) is 12.1 Å². The van der Waals surface area contributed by atoms with Crippen LogP contribution in [0.25, 0.3) is 0 Å². The zero-order chi connectivity index (χ0) is 13.7. The van der Waals surface area contributed by atoms with Gasteiger partial charge in [-0.2, -0.15) is 0 Å². The standard InChI is InChI=1S/C14H27N3O2/c1-11(2)16-12-5-7-17(8-6-12)14(18)15-10-13-4-3-9-19-13/h11-13,16H,3-10H2,1-2H3,(H,15,18)/t13-/m1/s1. The fourth-order valence-electron chi connectivity index (χ4n) is 2.84. The van der Waals surface area contributed by atoms with E-state index < -0.39 is 0 Å². The van der Waals surface area contributed by atoms with E-state index in [1.54, 1.807) is 0 Å². The molecule has 110 valence electrons. The van der Waals surface area contributed by atoms with Crippen LogP contribution < -0.4 is 10.6 Å². The van der Waals surface area contributed by atoms with Crippen LogP contribution in [-0.2, 0) is 4.74 Å². The number of rotatable bonds is 4. The number of carbonyl (C=O) groups excluding carboxylic acids is 1. The first-order chi connectivity index (χ1) is 9.15. The van der Waals surface area contributed by atoms with E-state index in [2.05, 4.69) is 24.5 Å². The maximum absolute atomic E-state index is 12.0. The van der Waals surface area contributed by atoms with Crippen LogP contribution in [0.2, 0.25) is 0 Å². The maximum Gasteiger partial charge on any atom is 0.317 e. The van der Waals surface area contributed by atoms with Gasteiger partial charge in [-0.1, -0.05) is 13.8 Å². The van der Waals surface area contributed by atoms with Crippen LogP contribution in [0.5, 0.6) is 0 Å². The van der Waals surface area contributed by atoms with Crippen molar-refractivity contribution in [3.63, 3.8) is 0 Å². The van der Waals surface area contributed by atoms with Gasteiger partial charge in [0.1, 0.15) is 0 Å². The van der Waals surface area contributed by atoms with Gasteiger partial charge in [0.2, 0.25) is 0 Å². The Morgan fingerprint density at radius 1 is 1.32 bits per heavy atom. The molecule has 0 saturated carbocycles. The Labute approximate surface area is 116 Å². The van der Waals surface area contributed by atoms with E-state index in [1.807, 2.05) is 4.90 Å². The molecule has 2 N–H and O–H groups in total. The van der Waals surface area contributed by atoms with Gasteiger partial charge in [0.15, 0.2) is 0 Å². The second-order valence-corrected chi connectivity index (χ2v) is 5.90. The predicted molar refractivity (Wildman–Crippen MR) is 75.2 cm³/mol. The SMILES string of the molecule is CC(C)NC1CCN(C(=O)NC[C@H]2CCCO2)CC1. The highest BCUT2D eigenvalue weighted by molar-refractivity contribution is 5.74. The molecule has 19 heavy (non-hydrogen) atoms. The largest absolute Gasteiger partial charge is 0.376 e. The smallest absolute Gasteiger partial charge is 0.317 e. The Morgan fingerprint density at radius 3 is 2.63 bits per heavy atom. The van der Waals surface area contributed by atoms with Gasteiger partial charge in [0, 0.05) is 38.3 Å². The molecule has 2 saturated heterocycles. The summed E-state index contributed by atoms with van der Waals surface area (Å²) < 4.78 is 5.51. The number of nitrogens with one attached hydrogen (secondary N) is 2. The summed E-state index contributed by atoms with van der Waals surface area (Å²) in [5, 5.41) is 6.53. The van der Waals surface area contributed by atoms with Gasteiger partial charge in [-0.15, -0.1) is 0 Å². The first kappa shape index (κ1) is 14.6. The molecular formula is C14H27N3O2. The highest BCUT2D eigenvalue weighted by atomic mass is 16.5. The lowest BCUT2D eigenvalue weighted by Crippen LogP contribution is -2.50. The number of carbonyl (C=O) groups is 1. The number of hydrogen-bond donors (Lipinski definition) is 2. The number of amides is 2. The van der Waals surface area contributed by atoms with Gasteiger partial charge < -0.3 is 20.3 Å². The Bertz CT molecular complexity index is 282. The highest BCUT2D eigenvalue weighted by Crippen LogP contribution is 2.13. The number of hydrogen-bond acceptors (Lipinski definition) is 3. The van der Waals surface area contributed by atoms with Gasteiger partial charge in [-0.25, -0.2) is 4.79 Å². The molecule has 5 nitrogen and oxygen atoms in total. The van der Waals surface area contributed by atoms with Crippen LogP contribution in [0.15, 0.2) is 0 Å². The topological polar surface area (TPSA) is 53.6 Å². The molecule has 2 heterocycles. The molecule has 0 unspecified atom stereocenters. The van der Waals surface area contributed by atoms with Gasteiger partial charge in [-0.3, -0.25) is 0 Å². The van der Waals surface area contributed by atoms with Crippen LogP contribution in [0.4, 0.5) is 4.79 Å². The number of piperidine rings is 1. The Balaban J connectivity index is 1.64. The van der Waals surface area contributed by atoms with Gasteiger partial charge in [0.05, 0.1) is 6.10 Å². The molecule has 5 heteroatoms. The lowest BCUT2D eigenvalue weighted by Gasteiger charge is -2.33. The van der Waals surface area contributed by atoms with E-state index in [0.717, 1.165) is 45.4 Å². The fourth-order valence-corrected chi connectivity index (χ4v) is 2.84. The molecule has 0 aliphatic carbocycles. The second kappa shape index (κ2) is 7.10. The predicted octanol–water partition coefficient (Wildman–Crippen LogP) is 1.34. The van der Waals surface area contributed by atoms with Crippen LogP contribution in [-0.4, -0.2) is 55.4 Å². The van der Waals surface area contributed by atoms with Crippen molar-refractivity contribution < 1.29 is 9.53 Å². The minimum atomic E-state index is 0.0681. The van der Waals surface area contributed by atoms with Crippen LogP contribution in [0, 0.1) is 0 Å². The summed E-state index contributed by atoms with van der Waals surface area (Å²) in [5.74, 6) is 0. The summed E-state index contributed by atoms with van der Waals surface area (Å²) in [7, 11) is 0. The average Bonchev–Trinajstić information content (AvgIpc) is 2.89. The summed E-state index contributed by atoms with van der Waals surface area (Å²) >= 11 is 0. The average molecular weight is 269 g/mol. The number of ether oxygens (including phenoxy) is 1. The molecule has 2 amide bonds. The van der Waals surface area contributed by atoms with Gasteiger partial charge in [0.25, 0.3) is 0 Å². The molecule has 0 aromatic heterocycles. The normalized spacial score (nSPS) is 25.0. The van der Waals surface area contributed by atoms with E-state index >= 15 is 0 Å². The quantitative estimate of drug-likeness (QED) is 0.810. The monoisotopic (exact) mass is 269 g/mol. The number of nitrogens with zero attached hydrogens (tertiary/aromatic N) is 1. The third kappa shape index (κ3) is 4.66. The summed E-state index contributed by atoms with van der Waals surface area (Å²) in [6.07, 6.45) is 4.51. The molecule has 2 rings (SSSR count).